The van der Waals surface area contributed by atoms with Gasteiger partial charge in [-0.2, -0.15) is 0 Å². The molecular weight excluding hydrogens is 426 g/mol. The second-order valence-corrected chi connectivity index (χ2v) is 8.96. The molecule has 0 amide bonds. The molecule has 0 fully saturated rings. The van der Waals surface area contributed by atoms with Crippen molar-refractivity contribution in [1.82, 2.24) is 5.32 Å². The van der Waals surface area contributed by atoms with Crippen LogP contribution in [0.25, 0.3) is 10.8 Å². The number of aliphatic hydroxyl groups is 2. The number of hydrogen-bond acceptors (Lipinski definition) is 8. The molecule has 0 spiro atoms. The number of ketones is 3. The average molecular weight is 453 g/mol. The van der Waals surface area contributed by atoms with E-state index in [1.54, 1.807) is 26.0 Å². The highest BCUT2D eigenvalue weighted by Crippen LogP contribution is 2.50. The van der Waals surface area contributed by atoms with Gasteiger partial charge < -0.3 is 25.7 Å². The Hall–Kier alpha value is -3.23. The van der Waals surface area contributed by atoms with Gasteiger partial charge in [-0.3, -0.25) is 14.4 Å². The number of carbonyl (C=O) groups is 3. The van der Waals surface area contributed by atoms with Gasteiger partial charge in [-0.25, -0.2) is 0 Å². The van der Waals surface area contributed by atoms with Gasteiger partial charge >= 0.3 is 0 Å². The molecule has 0 bridgehead atoms. The van der Waals surface area contributed by atoms with Crippen LogP contribution in [0.4, 0.5) is 0 Å². The summed E-state index contributed by atoms with van der Waals surface area (Å²) in [4.78, 5) is 39.2. The molecule has 2 aliphatic carbocycles. The van der Waals surface area contributed by atoms with Crippen LogP contribution in [0.2, 0.25) is 0 Å². The first-order chi connectivity index (χ1) is 15.5. The van der Waals surface area contributed by atoms with Crippen LogP contribution in [0, 0.1) is 19.8 Å². The summed E-state index contributed by atoms with van der Waals surface area (Å²) in [6, 6.07) is 2.42. The van der Waals surface area contributed by atoms with Crippen molar-refractivity contribution in [3.05, 3.63) is 45.7 Å². The Morgan fingerprint density at radius 3 is 2.39 bits per heavy atom. The van der Waals surface area contributed by atoms with Gasteiger partial charge in [-0.05, 0) is 62.2 Å². The summed E-state index contributed by atoms with van der Waals surface area (Å²) in [5.74, 6) is -5.27. The monoisotopic (exact) mass is 453 g/mol. The van der Waals surface area contributed by atoms with Gasteiger partial charge in [-0.1, -0.05) is 19.1 Å². The second-order valence-electron chi connectivity index (χ2n) is 8.96. The number of aromatic hydroxyl groups is 2. The highest BCUT2D eigenvalue weighted by atomic mass is 16.3. The van der Waals surface area contributed by atoms with Gasteiger partial charge in [0.2, 0.25) is 11.6 Å². The number of hydrogen-bond donors (Lipinski definition) is 5. The molecule has 3 unspecified atom stereocenters. The smallest absolute Gasteiger partial charge is 0.209 e. The molecule has 2 aliphatic rings. The van der Waals surface area contributed by atoms with Crippen LogP contribution in [0.3, 0.4) is 0 Å². The molecule has 0 saturated carbocycles. The van der Waals surface area contributed by atoms with Gasteiger partial charge in [-0.15, -0.1) is 0 Å². The van der Waals surface area contributed by atoms with Gasteiger partial charge in [0, 0.05) is 5.92 Å². The Balaban J connectivity index is 2.04. The first kappa shape index (κ1) is 22.9. The summed E-state index contributed by atoms with van der Waals surface area (Å²) in [5, 5.41) is 47.7. The molecule has 3 atom stereocenters. The molecule has 0 saturated heterocycles. The summed E-state index contributed by atoms with van der Waals surface area (Å²) >= 11 is 0. The number of aliphatic hydroxyl groups excluding tert-OH is 1. The summed E-state index contributed by atoms with van der Waals surface area (Å²) in [7, 11) is 0. The molecule has 0 aliphatic heterocycles. The molecule has 0 radical (unpaired) electrons. The summed E-state index contributed by atoms with van der Waals surface area (Å²) in [5.41, 5.74) is -1.98. The van der Waals surface area contributed by atoms with Crippen molar-refractivity contribution in [1.29, 1.82) is 0 Å². The minimum atomic E-state index is -2.65. The van der Waals surface area contributed by atoms with Crippen molar-refractivity contribution >= 4 is 28.1 Å². The van der Waals surface area contributed by atoms with Crippen molar-refractivity contribution in [2.45, 2.75) is 52.2 Å². The predicted octanol–water partition coefficient (Wildman–Crippen LogP) is 2.31. The fourth-order valence-electron chi connectivity index (χ4n) is 5.25. The topological polar surface area (TPSA) is 144 Å². The van der Waals surface area contributed by atoms with E-state index in [-0.39, 0.29) is 23.1 Å². The predicted molar refractivity (Wildman–Crippen MR) is 121 cm³/mol. The largest absolute Gasteiger partial charge is 0.510 e. The third-order valence-electron chi connectivity index (χ3n) is 7.04. The Bertz CT molecular complexity index is 1280. The number of nitrogens with one attached hydrogen (secondary N) is 1. The third kappa shape index (κ3) is 2.94. The summed E-state index contributed by atoms with van der Waals surface area (Å²) < 4.78 is 0. The Morgan fingerprint density at radius 2 is 1.79 bits per heavy atom. The number of phenolic OH excluding ortho intramolecular Hbond substituents is 2. The molecule has 174 valence electrons. The van der Waals surface area contributed by atoms with E-state index in [0.29, 0.717) is 35.0 Å². The molecule has 8 heteroatoms. The Kier molecular flexibility index (Phi) is 5.34. The van der Waals surface area contributed by atoms with E-state index in [1.165, 1.54) is 0 Å². The van der Waals surface area contributed by atoms with E-state index in [4.69, 9.17) is 0 Å². The van der Waals surface area contributed by atoms with E-state index in [0.717, 1.165) is 6.92 Å². The first-order valence-electron chi connectivity index (χ1n) is 10.9. The maximum absolute atomic E-state index is 13.7. The lowest BCUT2D eigenvalue weighted by Gasteiger charge is -2.46. The normalized spacial score (nSPS) is 24.8. The van der Waals surface area contributed by atoms with E-state index in [2.05, 4.69) is 5.32 Å². The van der Waals surface area contributed by atoms with E-state index < -0.39 is 52.0 Å². The Morgan fingerprint density at radius 1 is 1.12 bits per heavy atom. The number of Topliss-reactive ketones (excluding diaryl/α,β-unsaturated/α-hetero) is 3. The standard InChI is InChI=1S/C25H27NO7/c1-5-8-26-19-15-9-14-11(3)13-7-6-10(2)20(28)17(13)21(29)18(14)24(32)25(15,33)23(31)16(12(4)27)22(19)30/h6-7,15,19,26,28-30,33H,5,8-9H2,1-4H3. The highest BCUT2D eigenvalue weighted by Gasteiger charge is 2.62. The van der Waals surface area contributed by atoms with Gasteiger partial charge in [0.15, 0.2) is 11.4 Å². The molecule has 4 rings (SSSR count). The number of rotatable bonds is 4. The van der Waals surface area contributed by atoms with Crippen LogP contribution in [0.5, 0.6) is 11.5 Å². The number of benzene rings is 2. The van der Waals surface area contributed by atoms with Crippen molar-refractivity contribution in [3.63, 3.8) is 0 Å². The molecular formula is C25H27NO7. The number of phenols is 2. The second kappa shape index (κ2) is 7.67. The summed E-state index contributed by atoms with van der Waals surface area (Å²) in [6.45, 7) is 6.78. The van der Waals surface area contributed by atoms with Gasteiger partial charge in [0.05, 0.1) is 17.0 Å². The van der Waals surface area contributed by atoms with Crippen molar-refractivity contribution in [2.75, 3.05) is 6.54 Å². The van der Waals surface area contributed by atoms with E-state index in [1.807, 2.05) is 6.92 Å². The highest BCUT2D eigenvalue weighted by molar-refractivity contribution is 6.33. The van der Waals surface area contributed by atoms with Crippen LogP contribution >= 0.6 is 0 Å². The fraction of sp³-hybridized carbons (Fsp3) is 0.400. The number of fused-ring (bicyclic) bond motifs is 3. The average Bonchev–Trinajstić information content (AvgIpc) is 2.75. The SMILES string of the molecule is CCCNC1C(O)=C(C(C)=O)C(=O)C2(O)C(=O)c3c(c(C)c4ccc(C)c(O)c4c3O)CC12. The van der Waals surface area contributed by atoms with Crippen LogP contribution in [-0.4, -0.2) is 56.0 Å². The first-order valence-corrected chi connectivity index (χ1v) is 10.9. The zero-order valence-corrected chi connectivity index (χ0v) is 18.9. The minimum Gasteiger partial charge on any atom is -0.510 e. The van der Waals surface area contributed by atoms with E-state index in [9.17, 15) is 34.8 Å². The Labute approximate surface area is 190 Å². The van der Waals surface area contributed by atoms with Crippen molar-refractivity contribution in [3.8, 4) is 11.5 Å². The van der Waals surface area contributed by atoms with E-state index >= 15 is 0 Å². The van der Waals surface area contributed by atoms with Crippen LogP contribution < -0.4 is 5.32 Å². The maximum atomic E-state index is 13.7. The summed E-state index contributed by atoms with van der Waals surface area (Å²) in [6.07, 6.45) is 0.663. The lowest BCUT2D eigenvalue weighted by atomic mass is 9.60. The number of carbonyl (C=O) groups excluding carboxylic acids is 3. The minimum absolute atomic E-state index is 0.0100. The molecule has 2 aromatic rings. The zero-order chi connectivity index (χ0) is 24.4. The van der Waals surface area contributed by atoms with Gasteiger partial charge in [0.1, 0.15) is 22.8 Å². The van der Waals surface area contributed by atoms with Crippen LogP contribution in [-0.2, 0) is 16.0 Å². The fourth-order valence-corrected chi connectivity index (χ4v) is 5.25. The van der Waals surface area contributed by atoms with Gasteiger partial charge in [0.25, 0.3) is 0 Å². The van der Waals surface area contributed by atoms with Crippen molar-refractivity contribution in [2.24, 2.45) is 5.92 Å². The molecule has 2 aromatic carbocycles. The molecule has 33 heavy (non-hydrogen) atoms. The van der Waals surface area contributed by atoms with Crippen molar-refractivity contribution < 1.29 is 34.8 Å². The lowest BCUT2D eigenvalue weighted by Crippen LogP contribution is -2.66. The number of aryl methyl sites for hydroxylation is 2. The zero-order valence-electron chi connectivity index (χ0n) is 18.9. The quantitative estimate of drug-likeness (QED) is 0.350. The molecule has 8 nitrogen and oxygen atoms in total. The molecule has 0 heterocycles. The lowest BCUT2D eigenvalue weighted by molar-refractivity contribution is -0.139. The van der Waals surface area contributed by atoms with Crippen LogP contribution in [0.15, 0.2) is 23.5 Å². The maximum Gasteiger partial charge on any atom is 0.209 e. The van der Waals surface area contributed by atoms with Crippen LogP contribution in [0.1, 0.15) is 47.3 Å². The molecule has 5 N–H and O–H groups in total. The third-order valence-corrected chi connectivity index (χ3v) is 7.04. The molecule has 0 aromatic heterocycles.